The molecule has 0 fully saturated rings. The molecular weight excluding hydrogens is 302 g/mol. The fraction of sp³-hybridized carbons (Fsp3) is 0. The number of hydrogen-bond acceptors (Lipinski definition) is 4. The highest BCUT2D eigenvalue weighted by Gasteiger charge is 2.03. The third-order valence-corrected chi connectivity index (χ3v) is 3.94. The van der Waals surface area contributed by atoms with Crippen molar-refractivity contribution in [3.8, 4) is 11.3 Å². The summed E-state index contributed by atoms with van der Waals surface area (Å²) in [5.74, 6) is 0. The number of anilines is 1. The molecule has 1 aromatic heterocycles. The lowest BCUT2D eigenvalue weighted by atomic mass is 10.2. The van der Waals surface area contributed by atoms with Crippen LogP contribution in [0.4, 0.5) is 5.13 Å². The lowest BCUT2D eigenvalue weighted by Crippen LogP contribution is -2.18. The van der Waals surface area contributed by atoms with E-state index in [1.165, 1.54) is 0 Å². The van der Waals surface area contributed by atoms with Crippen LogP contribution in [0.2, 0.25) is 0 Å². The van der Waals surface area contributed by atoms with Gasteiger partial charge in [0.05, 0.1) is 5.69 Å². The summed E-state index contributed by atoms with van der Waals surface area (Å²) in [5.41, 5.74) is 10.1. The van der Waals surface area contributed by atoms with E-state index in [2.05, 4.69) is 22.4 Å². The van der Waals surface area contributed by atoms with E-state index >= 15 is 0 Å². The van der Waals surface area contributed by atoms with Gasteiger partial charge in [-0.05, 0) is 11.6 Å². The average molecular weight is 319 g/mol. The van der Waals surface area contributed by atoms with Crippen molar-refractivity contribution in [1.29, 1.82) is 0 Å². The molecule has 0 bridgehead atoms. The van der Waals surface area contributed by atoms with E-state index in [4.69, 9.17) is 0 Å². The summed E-state index contributed by atoms with van der Waals surface area (Å²) in [7, 11) is 0. The number of thiazole rings is 1. The van der Waals surface area contributed by atoms with E-state index in [1.807, 2.05) is 78.2 Å². The van der Waals surface area contributed by atoms with E-state index in [1.54, 1.807) is 11.3 Å². The number of nitrogens with zero attached hydrogens (tertiary/aromatic N) is 1. The Labute approximate surface area is 140 Å². The molecule has 0 saturated carbocycles. The van der Waals surface area contributed by atoms with Crippen LogP contribution in [0.3, 0.4) is 0 Å². The van der Waals surface area contributed by atoms with E-state index in [-0.39, 0.29) is 0 Å². The van der Waals surface area contributed by atoms with E-state index < -0.39 is 0 Å². The summed E-state index contributed by atoms with van der Waals surface area (Å²) in [6.07, 6.45) is 3.93. The van der Waals surface area contributed by atoms with Gasteiger partial charge in [-0.25, -0.2) is 4.98 Å². The fourth-order valence-corrected chi connectivity index (χ4v) is 2.68. The lowest BCUT2D eigenvalue weighted by Gasteiger charge is -2.05. The van der Waals surface area contributed by atoms with E-state index in [0.29, 0.717) is 0 Å². The topological polar surface area (TPSA) is 37.0 Å². The molecule has 4 heteroatoms. The minimum Gasteiger partial charge on any atom is -0.300 e. The van der Waals surface area contributed by atoms with Gasteiger partial charge in [0.1, 0.15) is 0 Å². The first-order chi connectivity index (χ1) is 11.3. The summed E-state index contributed by atoms with van der Waals surface area (Å²) in [4.78, 5) is 4.55. The highest BCUT2D eigenvalue weighted by molar-refractivity contribution is 7.14. The number of benzene rings is 2. The molecule has 0 atom stereocenters. The number of nitrogens with one attached hydrogen (secondary N) is 2. The summed E-state index contributed by atoms with van der Waals surface area (Å²) in [6.45, 7) is 3.97. The quantitative estimate of drug-likeness (QED) is 0.498. The van der Waals surface area contributed by atoms with Gasteiger partial charge in [0.15, 0.2) is 0 Å². The standard InChI is InChI=1S/C19H17N3S/c1-15(12-13-16-8-4-2-5-9-16)21-22-19-20-18(14-23-19)17-10-6-3-7-11-17/h2-14,21H,1H2,(H,20,22). The monoisotopic (exact) mass is 319 g/mol. The Balaban J connectivity index is 1.55. The van der Waals surface area contributed by atoms with Crippen molar-refractivity contribution in [1.82, 2.24) is 10.4 Å². The number of rotatable bonds is 6. The van der Waals surface area contributed by atoms with Crippen molar-refractivity contribution in [3.05, 3.63) is 90.0 Å². The Bertz CT molecular complexity index is 792. The van der Waals surface area contributed by atoms with Crippen LogP contribution in [-0.2, 0) is 0 Å². The van der Waals surface area contributed by atoms with Gasteiger partial charge in [-0.1, -0.05) is 73.3 Å². The van der Waals surface area contributed by atoms with Crippen molar-refractivity contribution in [2.75, 3.05) is 5.43 Å². The van der Waals surface area contributed by atoms with E-state index in [9.17, 15) is 0 Å². The van der Waals surface area contributed by atoms with Gasteiger partial charge >= 0.3 is 0 Å². The molecule has 0 radical (unpaired) electrons. The van der Waals surface area contributed by atoms with Crippen molar-refractivity contribution >= 4 is 22.5 Å². The molecule has 0 aliphatic heterocycles. The summed E-state index contributed by atoms with van der Waals surface area (Å²) in [6, 6.07) is 20.2. The second-order valence-corrected chi connectivity index (χ2v) is 5.78. The minimum atomic E-state index is 0.769. The van der Waals surface area contributed by atoms with Crippen molar-refractivity contribution in [2.45, 2.75) is 0 Å². The minimum absolute atomic E-state index is 0.769. The molecule has 0 aliphatic carbocycles. The van der Waals surface area contributed by atoms with Crippen LogP contribution in [0.5, 0.6) is 0 Å². The molecular formula is C19H17N3S. The van der Waals surface area contributed by atoms with Crippen LogP contribution in [0.1, 0.15) is 5.56 Å². The highest BCUT2D eigenvalue weighted by Crippen LogP contribution is 2.24. The van der Waals surface area contributed by atoms with Crippen LogP contribution in [-0.4, -0.2) is 4.98 Å². The van der Waals surface area contributed by atoms with Gasteiger partial charge in [-0.15, -0.1) is 11.3 Å². The summed E-state index contributed by atoms with van der Waals surface area (Å²) < 4.78 is 0. The zero-order valence-electron chi connectivity index (χ0n) is 12.6. The van der Waals surface area contributed by atoms with E-state index in [0.717, 1.165) is 27.6 Å². The van der Waals surface area contributed by atoms with Gasteiger partial charge < -0.3 is 0 Å². The molecule has 3 aromatic rings. The maximum absolute atomic E-state index is 4.55. The maximum atomic E-state index is 4.55. The highest BCUT2D eigenvalue weighted by atomic mass is 32.1. The molecule has 0 spiro atoms. The van der Waals surface area contributed by atoms with Crippen molar-refractivity contribution in [3.63, 3.8) is 0 Å². The molecule has 0 aliphatic rings. The molecule has 0 amide bonds. The normalized spacial score (nSPS) is 10.6. The Morgan fingerprint density at radius 2 is 1.70 bits per heavy atom. The smallest absolute Gasteiger partial charge is 0.202 e. The fourth-order valence-electron chi connectivity index (χ4n) is 2.01. The zero-order valence-corrected chi connectivity index (χ0v) is 13.4. The molecule has 0 unspecified atom stereocenters. The average Bonchev–Trinajstić information content (AvgIpc) is 3.09. The Morgan fingerprint density at radius 1 is 1.00 bits per heavy atom. The third-order valence-electron chi connectivity index (χ3n) is 3.18. The SMILES string of the molecule is C=C(C=Cc1ccccc1)NNc1nc(-c2ccccc2)cs1. The number of hydrogen-bond donors (Lipinski definition) is 2. The predicted molar refractivity (Wildman–Crippen MR) is 98.9 cm³/mol. The molecule has 3 rings (SSSR count). The first kappa shape index (κ1) is 15.1. The van der Waals surface area contributed by atoms with Crippen LogP contribution < -0.4 is 10.9 Å². The van der Waals surface area contributed by atoms with Crippen LogP contribution in [0.15, 0.2) is 84.4 Å². The Hall–Kier alpha value is -2.85. The molecule has 1 heterocycles. The number of hydrazine groups is 1. The van der Waals surface area contributed by atoms with Crippen LogP contribution in [0, 0.1) is 0 Å². The molecule has 2 N–H and O–H groups in total. The van der Waals surface area contributed by atoms with Gasteiger partial charge in [0, 0.05) is 16.6 Å². The Morgan fingerprint density at radius 3 is 2.43 bits per heavy atom. The number of allylic oxidation sites excluding steroid dienone is 1. The molecule has 0 saturated heterocycles. The van der Waals surface area contributed by atoms with Crippen LogP contribution >= 0.6 is 11.3 Å². The number of aromatic nitrogens is 1. The summed E-state index contributed by atoms with van der Waals surface area (Å²) in [5, 5.41) is 2.83. The second-order valence-electron chi connectivity index (χ2n) is 4.92. The van der Waals surface area contributed by atoms with Crippen molar-refractivity contribution < 1.29 is 0 Å². The maximum Gasteiger partial charge on any atom is 0.202 e. The van der Waals surface area contributed by atoms with Gasteiger partial charge in [-0.2, -0.15) is 0 Å². The largest absolute Gasteiger partial charge is 0.300 e. The molecule has 2 aromatic carbocycles. The van der Waals surface area contributed by atoms with Gasteiger partial charge in [0.25, 0.3) is 0 Å². The van der Waals surface area contributed by atoms with Gasteiger partial charge in [-0.3, -0.25) is 10.9 Å². The molecule has 23 heavy (non-hydrogen) atoms. The zero-order chi connectivity index (χ0) is 15.9. The second kappa shape index (κ2) is 7.42. The van der Waals surface area contributed by atoms with Gasteiger partial charge in [0.2, 0.25) is 5.13 Å². The Kier molecular flexibility index (Phi) is 4.86. The lowest BCUT2D eigenvalue weighted by molar-refractivity contribution is 1.000. The first-order valence-corrected chi connectivity index (χ1v) is 8.14. The predicted octanol–water partition coefficient (Wildman–Crippen LogP) is 4.95. The van der Waals surface area contributed by atoms with Crippen molar-refractivity contribution in [2.24, 2.45) is 0 Å². The molecule has 114 valence electrons. The summed E-state index contributed by atoms with van der Waals surface area (Å²) >= 11 is 1.55. The van der Waals surface area contributed by atoms with Crippen LogP contribution in [0.25, 0.3) is 17.3 Å². The molecule has 3 nitrogen and oxygen atoms in total. The third kappa shape index (κ3) is 4.31. The first-order valence-electron chi connectivity index (χ1n) is 7.26.